The van der Waals surface area contributed by atoms with Gasteiger partial charge in [-0.3, -0.25) is 9.36 Å². The van der Waals surface area contributed by atoms with Gasteiger partial charge in [0.2, 0.25) is 0 Å². The van der Waals surface area contributed by atoms with E-state index in [1.807, 2.05) is 66.1 Å². The number of para-hydroxylation sites is 1. The monoisotopic (exact) mass is 341 g/mol. The molecule has 4 heteroatoms. The standard InChI is InChI=1S/C22H19N3O/c1-16-13-14-23-22-21(16)19(26)15-20(24-17-9-5-4-6-10-17)25(22)18-11-7-2-3-8-12-18/h2-11,13-15,24H,12H2,1H3. The summed E-state index contributed by atoms with van der Waals surface area (Å²) in [6, 6.07) is 13.4. The van der Waals surface area contributed by atoms with Crippen LogP contribution in [0.3, 0.4) is 0 Å². The summed E-state index contributed by atoms with van der Waals surface area (Å²) in [4.78, 5) is 17.3. The number of anilines is 2. The Morgan fingerprint density at radius 3 is 2.77 bits per heavy atom. The molecule has 1 aliphatic carbocycles. The summed E-state index contributed by atoms with van der Waals surface area (Å²) in [6.45, 7) is 1.95. The van der Waals surface area contributed by atoms with Crippen LogP contribution in [0.1, 0.15) is 12.0 Å². The van der Waals surface area contributed by atoms with Crippen molar-refractivity contribution < 1.29 is 0 Å². The van der Waals surface area contributed by atoms with Crippen molar-refractivity contribution in [3.63, 3.8) is 0 Å². The van der Waals surface area contributed by atoms with Crippen molar-refractivity contribution in [2.75, 3.05) is 5.32 Å². The fraction of sp³-hybridized carbons (Fsp3) is 0.0909. The van der Waals surface area contributed by atoms with E-state index in [0.29, 0.717) is 16.9 Å². The fourth-order valence-electron chi connectivity index (χ4n) is 3.18. The summed E-state index contributed by atoms with van der Waals surface area (Å²) in [6.07, 6.45) is 12.7. The molecule has 3 aromatic rings. The van der Waals surface area contributed by atoms with Crippen LogP contribution in [-0.2, 0) is 0 Å². The van der Waals surface area contributed by atoms with E-state index in [1.165, 1.54) is 0 Å². The molecule has 0 radical (unpaired) electrons. The minimum absolute atomic E-state index is 0.0272. The SMILES string of the molecule is Cc1ccnc2c1c(=O)cc(Nc1ccccc1)n2C1=CC=CC=CC1. The lowest BCUT2D eigenvalue weighted by atomic mass is 10.1. The van der Waals surface area contributed by atoms with Gasteiger partial charge in [-0.25, -0.2) is 4.98 Å². The predicted molar refractivity (Wildman–Crippen MR) is 108 cm³/mol. The molecule has 0 spiro atoms. The van der Waals surface area contributed by atoms with Gasteiger partial charge in [-0.15, -0.1) is 0 Å². The minimum Gasteiger partial charge on any atom is -0.341 e. The zero-order valence-electron chi connectivity index (χ0n) is 14.5. The molecule has 26 heavy (non-hydrogen) atoms. The molecule has 128 valence electrons. The van der Waals surface area contributed by atoms with Crippen LogP contribution in [0.5, 0.6) is 0 Å². The summed E-state index contributed by atoms with van der Waals surface area (Å²) in [5, 5.41) is 4.03. The molecule has 2 heterocycles. The van der Waals surface area contributed by atoms with E-state index in [0.717, 1.165) is 23.4 Å². The van der Waals surface area contributed by atoms with Gasteiger partial charge in [0.05, 0.1) is 5.39 Å². The van der Waals surface area contributed by atoms with Gasteiger partial charge >= 0.3 is 0 Å². The summed E-state index contributed by atoms with van der Waals surface area (Å²) in [5.74, 6) is 0.710. The Morgan fingerprint density at radius 1 is 1.08 bits per heavy atom. The van der Waals surface area contributed by atoms with E-state index in [4.69, 9.17) is 0 Å². The molecular weight excluding hydrogens is 322 g/mol. The van der Waals surface area contributed by atoms with Gasteiger partial charge in [0.25, 0.3) is 0 Å². The Balaban J connectivity index is 2.00. The molecule has 2 aromatic heterocycles. The zero-order valence-corrected chi connectivity index (χ0v) is 14.5. The lowest BCUT2D eigenvalue weighted by molar-refractivity contribution is 1.05. The number of aromatic nitrogens is 2. The van der Waals surface area contributed by atoms with Crippen LogP contribution in [0.15, 0.2) is 83.8 Å². The van der Waals surface area contributed by atoms with Gasteiger partial charge in [0, 0.05) is 30.1 Å². The number of fused-ring (bicyclic) bond motifs is 1. The Bertz CT molecular complexity index is 1110. The highest BCUT2D eigenvalue weighted by Gasteiger charge is 2.15. The Kier molecular flexibility index (Phi) is 4.23. The van der Waals surface area contributed by atoms with Gasteiger partial charge in [0.1, 0.15) is 11.5 Å². The molecule has 0 saturated heterocycles. The third-order valence-corrected chi connectivity index (χ3v) is 4.41. The molecule has 1 aliphatic rings. The number of benzene rings is 1. The summed E-state index contributed by atoms with van der Waals surface area (Å²) in [7, 11) is 0. The van der Waals surface area contributed by atoms with Gasteiger partial charge in [0.15, 0.2) is 5.43 Å². The fourth-order valence-corrected chi connectivity index (χ4v) is 3.18. The molecule has 0 saturated carbocycles. The third-order valence-electron chi connectivity index (χ3n) is 4.41. The first-order valence-corrected chi connectivity index (χ1v) is 8.60. The molecule has 0 fully saturated rings. The highest BCUT2D eigenvalue weighted by molar-refractivity contribution is 5.85. The van der Waals surface area contributed by atoms with Crippen molar-refractivity contribution in [2.45, 2.75) is 13.3 Å². The predicted octanol–water partition coefficient (Wildman–Crippen LogP) is 4.81. The van der Waals surface area contributed by atoms with Crippen LogP contribution < -0.4 is 10.7 Å². The number of rotatable bonds is 3. The van der Waals surface area contributed by atoms with E-state index in [9.17, 15) is 4.79 Å². The number of allylic oxidation sites excluding steroid dienone is 6. The number of hydrogen-bond donors (Lipinski definition) is 1. The number of nitrogens with one attached hydrogen (secondary N) is 1. The van der Waals surface area contributed by atoms with Crippen LogP contribution >= 0.6 is 0 Å². The second-order valence-corrected chi connectivity index (χ2v) is 6.22. The number of hydrogen-bond acceptors (Lipinski definition) is 3. The molecule has 4 rings (SSSR count). The largest absolute Gasteiger partial charge is 0.341 e. The molecule has 0 amide bonds. The van der Waals surface area contributed by atoms with Crippen LogP contribution in [-0.4, -0.2) is 9.55 Å². The normalized spacial score (nSPS) is 13.5. The number of aryl methyl sites for hydroxylation is 1. The highest BCUT2D eigenvalue weighted by atomic mass is 16.1. The Labute approximate surface area is 151 Å². The molecule has 0 unspecified atom stereocenters. The van der Waals surface area contributed by atoms with Crippen molar-refractivity contribution >= 4 is 28.2 Å². The van der Waals surface area contributed by atoms with E-state index < -0.39 is 0 Å². The quantitative estimate of drug-likeness (QED) is 0.744. The second-order valence-electron chi connectivity index (χ2n) is 6.22. The maximum absolute atomic E-state index is 12.8. The van der Waals surface area contributed by atoms with Crippen LogP contribution in [0.25, 0.3) is 16.7 Å². The van der Waals surface area contributed by atoms with Crippen molar-refractivity contribution in [1.29, 1.82) is 0 Å². The van der Waals surface area contributed by atoms with Crippen molar-refractivity contribution in [1.82, 2.24) is 9.55 Å². The van der Waals surface area contributed by atoms with Gasteiger partial charge in [-0.2, -0.15) is 0 Å². The molecule has 1 aromatic carbocycles. The van der Waals surface area contributed by atoms with E-state index in [1.54, 1.807) is 12.3 Å². The smallest absolute Gasteiger partial charge is 0.193 e. The van der Waals surface area contributed by atoms with E-state index >= 15 is 0 Å². The first-order chi connectivity index (χ1) is 12.7. The van der Waals surface area contributed by atoms with Crippen molar-refractivity contribution in [2.24, 2.45) is 0 Å². The average Bonchev–Trinajstić information content (AvgIpc) is 2.92. The van der Waals surface area contributed by atoms with E-state index in [-0.39, 0.29) is 5.43 Å². The maximum Gasteiger partial charge on any atom is 0.193 e. The third kappa shape index (κ3) is 2.97. The second kappa shape index (κ2) is 6.84. The van der Waals surface area contributed by atoms with Gasteiger partial charge in [-0.05, 0) is 36.8 Å². The molecule has 0 aliphatic heterocycles. The van der Waals surface area contributed by atoms with Crippen molar-refractivity contribution in [3.8, 4) is 0 Å². The van der Waals surface area contributed by atoms with Crippen LogP contribution in [0.2, 0.25) is 0 Å². The Morgan fingerprint density at radius 2 is 1.92 bits per heavy atom. The Hall–Kier alpha value is -3.40. The zero-order chi connectivity index (χ0) is 17.9. The summed E-state index contributed by atoms with van der Waals surface area (Å²) in [5.41, 5.74) is 3.55. The lowest BCUT2D eigenvalue weighted by Gasteiger charge is -2.19. The molecule has 4 nitrogen and oxygen atoms in total. The van der Waals surface area contributed by atoms with Gasteiger partial charge < -0.3 is 5.32 Å². The first-order valence-electron chi connectivity index (χ1n) is 8.60. The lowest BCUT2D eigenvalue weighted by Crippen LogP contribution is -2.15. The van der Waals surface area contributed by atoms with Crippen LogP contribution in [0.4, 0.5) is 11.5 Å². The number of nitrogens with zero attached hydrogens (tertiary/aromatic N) is 2. The average molecular weight is 341 g/mol. The van der Waals surface area contributed by atoms with E-state index in [2.05, 4.69) is 22.5 Å². The van der Waals surface area contributed by atoms with Gasteiger partial charge in [-0.1, -0.05) is 42.5 Å². The molecule has 1 N–H and O–H groups in total. The molecular formula is C22H19N3O. The van der Waals surface area contributed by atoms with Crippen LogP contribution in [0, 0.1) is 6.92 Å². The molecule has 0 bridgehead atoms. The maximum atomic E-state index is 12.8. The topological polar surface area (TPSA) is 46.9 Å². The summed E-state index contributed by atoms with van der Waals surface area (Å²) >= 11 is 0. The molecule has 0 atom stereocenters. The highest BCUT2D eigenvalue weighted by Crippen LogP contribution is 2.27. The first kappa shape index (κ1) is 16.1. The number of pyridine rings is 2. The minimum atomic E-state index is -0.0272. The van der Waals surface area contributed by atoms with Crippen molar-refractivity contribution in [3.05, 3.63) is 94.8 Å². The summed E-state index contributed by atoms with van der Waals surface area (Å²) < 4.78 is 2.04.